The maximum absolute atomic E-state index is 11.5. The van der Waals surface area contributed by atoms with E-state index in [0.717, 1.165) is 0 Å². The van der Waals surface area contributed by atoms with Crippen molar-refractivity contribution in [1.82, 2.24) is 9.55 Å². The molecule has 7 nitrogen and oxygen atoms in total. The molecule has 0 aliphatic carbocycles. The molecule has 0 amide bonds. The third-order valence-corrected chi connectivity index (χ3v) is 2.62. The lowest BCUT2D eigenvalue weighted by molar-refractivity contribution is 0.0473. The van der Waals surface area contributed by atoms with Crippen molar-refractivity contribution in [2.24, 2.45) is 5.73 Å². The van der Waals surface area contributed by atoms with Gasteiger partial charge in [0.15, 0.2) is 0 Å². The molecule has 88 valence electrons. The van der Waals surface area contributed by atoms with E-state index in [9.17, 15) is 4.79 Å². The summed E-state index contributed by atoms with van der Waals surface area (Å²) in [7, 11) is 0. The summed E-state index contributed by atoms with van der Waals surface area (Å²) in [5.41, 5.74) is 9.94. The Morgan fingerprint density at radius 3 is 3.06 bits per heavy atom. The lowest BCUT2D eigenvalue weighted by Gasteiger charge is -2.18. The van der Waals surface area contributed by atoms with Crippen LogP contribution in [0.25, 0.3) is 0 Å². The van der Waals surface area contributed by atoms with Crippen molar-refractivity contribution < 1.29 is 9.84 Å². The van der Waals surface area contributed by atoms with E-state index in [1.54, 1.807) is 0 Å². The Hall–Kier alpha value is -1.44. The van der Waals surface area contributed by atoms with Crippen molar-refractivity contribution >= 4 is 5.82 Å². The molecule has 0 unspecified atom stereocenters. The third kappa shape index (κ3) is 1.92. The van der Waals surface area contributed by atoms with Crippen LogP contribution in [0.1, 0.15) is 12.6 Å². The van der Waals surface area contributed by atoms with Crippen LogP contribution in [0, 0.1) is 0 Å². The number of hydrogen-bond donors (Lipinski definition) is 3. The highest BCUT2D eigenvalue weighted by Crippen LogP contribution is 2.27. The van der Waals surface area contributed by atoms with Crippen LogP contribution in [-0.4, -0.2) is 33.4 Å². The Balaban J connectivity index is 2.24. The smallest absolute Gasteiger partial charge is 0.351 e. The summed E-state index contributed by atoms with van der Waals surface area (Å²) in [4.78, 5) is 15.1. The molecule has 16 heavy (non-hydrogen) atoms. The van der Waals surface area contributed by atoms with E-state index in [-0.39, 0.29) is 19.0 Å². The number of nitrogens with zero attached hydrogens (tertiary/aromatic N) is 2. The van der Waals surface area contributed by atoms with Gasteiger partial charge in [0.1, 0.15) is 12.0 Å². The van der Waals surface area contributed by atoms with Crippen LogP contribution in [0.4, 0.5) is 5.82 Å². The molecule has 0 bridgehead atoms. The van der Waals surface area contributed by atoms with E-state index in [2.05, 4.69) is 4.98 Å². The van der Waals surface area contributed by atoms with Crippen molar-refractivity contribution in [3.63, 3.8) is 0 Å². The molecule has 2 atom stereocenters. The topological polar surface area (TPSA) is 116 Å². The molecule has 7 heteroatoms. The Morgan fingerprint density at radius 1 is 1.75 bits per heavy atom. The van der Waals surface area contributed by atoms with Gasteiger partial charge >= 0.3 is 5.69 Å². The van der Waals surface area contributed by atoms with Gasteiger partial charge in [-0.05, 0) is 6.07 Å². The van der Waals surface area contributed by atoms with Crippen LogP contribution in [0.5, 0.6) is 0 Å². The molecular weight excluding hydrogens is 212 g/mol. The minimum atomic E-state index is -0.786. The number of rotatable bonds is 2. The van der Waals surface area contributed by atoms with Crippen molar-refractivity contribution in [3.05, 3.63) is 22.7 Å². The molecule has 1 aromatic heterocycles. The zero-order valence-electron chi connectivity index (χ0n) is 8.67. The van der Waals surface area contributed by atoms with Gasteiger partial charge in [-0.2, -0.15) is 4.98 Å². The van der Waals surface area contributed by atoms with Gasteiger partial charge < -0.3 is 21.3 Å². The first-order chi connectivity index (χ1) is 7.54. The minimum absolute atomic E-state index is 0.167. The SMILES string of the molecule is Nc1ccn([C@@H]2C[C@](N)(CO)CO2)c(=O)n1. The van der Waals surface area contributed by atoms with E-state index in [1.807, 2.05) is 0 Å². The van der Waals surface area contributed by atoms with Crippen LogP contribution < -0.4 is 17.2 Å². The molecule has 2 rings (SSSR count). The number of anilines is 1. The number of ether oxygens (including phenoxy) is 1. The Morgan fingerprint density at radius 2 is 2.50 bits per heavy atom. The first kappa shape index (κ1) is 11.1. The summed E-state index contributed by atoms with van der Waals surface area (Å²) < 4.78 is 6.68. The van der Waals surface area contributed by atoms with Gasteiger partial charge in [0.25, 0.3) is 0 Å². The first-order valence-electron chi connectivity index (χ1n) is 4.90. The molecule has 1 fully saturated rings. The molecule has 1 aliphatic heterocycles. The molecule has 1 saturated heterocycles. The Kier molecular flexibility index (Phi) is 2.66. The summed E-state index contributed by atoms with van der Waals surface area (Å²) >= 11 is 0. The largest absolute Gasteiger partial charge is 0.394 e. The maximum atomic E-state index is 11.5. The van der Waals surface area contributed by atoms with Gasteiger partial charge in [-0.15, -0.1) is 0 Å². The van der Waals surface area contributed by atoms with Crippen LogP contribution >= 0.6 is 0 Å². The minimum Gasteiger partial charge on any atom is -0.394 e. The molecule has 0 aromatic carbocycles. The number of aromatic nitrogens is 2. The zero-order chi connectivity index (χ0) is 11.8. The zero-order valence-corrected chi connectivity index (χ0v) is 8.67. The average Bonchev–Trinajstić information content (AvgIpc) is 2.62. The predicted octanol–water partition coefficient (Wildman–Crippen LogP) is -1.57. The summed E-state index contributed by atoms with van der Waals surface area (Å²) in [6.45, 7) is 0.0334. The van der Waals surface area contributed by atoms with E-state index in [0.29, 0.717) is 6.42 Å². The van der Waals surface area contributed by atoms with Gasteiger partial charge in [0.05, 0.1) is 18.8 Å². The Labute approximate surface area is 91.6 Å². The van der Waals surface area contributed by atoms with Crippen LogP contribution in [0.15, 0.2) is 17.1 Å². The summed E-state index contributed by atoms with van der Waals surface area (Å²) in [6.07, 6.45) is 1.39. The number of nitrogen functional groups attached to an aromatic ring is 1. The fraction of sp³-hybridized carbons (Fsp3) is 0.556. The molecule has 1 aromatic rings. The molecular formula is C9H14N4O3. The summed E-state index contributed by atoms with van der Waals surface area (Å²) in [5, 5.41) is 9.08. The Bertz CT molecular complexity index is 447. The number of hydrogen-bond acceptors (Lipinski definition) is 6. The van der Waals surface area contributed by atoms with Crippen LogP contribution in [-0.2, 0) is 4.74 Å². The van der Waals surface area contributed by atoms with Crippen molar-refractivity contribution in [2.75, 3.05) is 18.9 Å². The molecule has 0 radical (unpaired) electrons. The van der Waals surface area contributed by atoms with E-state index in [4.69, 9.17) is 21.3 Å². The van der Waals surface area contributed by atoms with E-state index in [1.165, 1.54) is 16.8 Å². The van der Waals surface area contributed by atoms with Crippen molar-refractivity contribution in [2.45, 2.75) is 18.2 Å². The highest BCUT2D eigenvalue weighted by atomic mass is 16.5. The molecule has 2 heterocycles. The first-order valence-corrected chi connectivity index (χ1v) is 4.90. The van der Waals surface area contributed by atoms with E-state index < -0.39 is 17.5 Å². The second-order valence-electron chi connectivity index (χ2n) is 4.03. The number of aliphatic hydroxyl groups is 1. The highest BCUT2D eigenvalue weighted by Gasteiger charge is 2.37. The fourth-order valence-electron chi connectivity index (χ4n) is 1.66. The second kappa shape index (κ2) is 3.85. The van der Waals surface area contributed by atoms with Gasteiger partial charge in [-0.25, -0.2) is 4.79 Å². The summed E-state index contributed by atoms with van der Waals surface area (Å²) in [6, 6.07) is 1.51. The number of nitrogens with two attached hydrogens (primary N) is 2. The highest BCUT2D eigenvalue weighted by molar-refractivity contribution is 5.23. The normalized spacial score (nSPS) is 29.5. The van der Waals surface area contributed by atoms with Gasteiger partial charge in [-0.3, -0.25) is 4.57 Å². The lowest BCUT2D eigenvalue weighted by Crippen LogP contribution is -2.44. The fourth-order valence-corrected chi connectivity index (χ4v) is 1.66. The lowest BCUT2D eigenvalue weighted by atomic mass is 10.0. The third-order valence-electron chi connectivity index (χ3n) is 2.62. The van der Waals surface area contributed by atoms with Crippen LogP contribution in [0.2, 0.25) is 0 Å². The van der Waals surface area contributed by atoms with Crippen molar-refractivity contribution in [1.29, 1.82) is 0 Å². The standard InChI is InChI=1S/C9H14N4O3/c10-6-1-2-13(8(15)12-6)7-3-9(11,4-14)5-16-7/h1-2,7,14H,3-5,11H2,(H2,10,12,15)/t7-,9-/m0/s1. The molecule has 0 spiro atoms. The van der Waals surface area contributed by atoms with Crippen LogP contribution in [0.3, 0.4) is 0 Å². The molecule has 0 saturated carbocycles. The number of aliphatic hydroxyl groups excluding tert-OH is 1. The molecule has 5 N–H and O–H groups in total. The van der Waals surface area contributed by atoms with Gasteiger partial charge in [-0.1, -0.05) is 0 Å². The van der Waals surface area contributed by atoms with E-state index >= 15 is 0 Å². The quantitative estimate of drug-likeness (QED) is 0.561. The van der Waals surface area contributed by atoms with Crippen molar-refractivity contribution in [3.8, 4) is 0 Å². The average molecular weight is 226 g/mol. The monoisotopic (exact) mass is 226 g/mol. The summed E-state index contributed by atoms with van der Waals surface area (Å²) in [5.74, 6) is 0.167. The van der Waals surface area contributed by atoms with Gasteiger partial charge in [0.2, 0.25) is 0 Å². The molecule has 1 aliphatic rings. The predicted molar refractivity (Wildman–Crippen MR) is 56.5 cm³/mol. The van der Waals surface area contributed by atoms with Gasteiger partial charge in [0, 0.05) is 12.6 Å². The maximum Gasteiger partial charge on any atom is 0.351 e. The second-order valence-corrected chi connectivity index (χ2v) is 4.03.